The van der Waals surface area contributed by atoms with Crippen molar-refractivity contribution in [1.82, 2.24) is 0 Å². The van der Waals surface area contributed by atoms with Gasteiger partial charge in [-0.2, -0.15) is 0 Å². The zero-order valence-electron chi connectivity index (χ0n) is 32.6. The summed E-state index contributed by atoms with van der Waals surface area (Å²) in [4.78, 5) is 24.3. The van der Waals surface area contributed by atoms with Crippen LogP contribution in [0.15, 0.2) is 12.2 Å². The molecule has 1 fully saturated rings. The van der Waals surface area contributed by atoms with Gasteiger partial charge in [0.25, 0.3) is 0 Å². The van der Waals surface area contributed by atoms with E-state index in [4.69, 9.17) is 14.2 Å². The molecule has 288 valence electrons. The lowest BCUT2D eigenvalue weighted by Gasteiger charge is -2.15. The molecule has 1 aliphatic rings. The van der Waals surface area contributed by atoms with E-state index in [9.17, 15) is 14.7 Å². The molecule has 0 spiro atoms. The standard InChI is InChI=1S/C43H80O6/c1-4-5-6-7-22-27-32-40-41(49-40)33-28-23-20-25-30-35-43(46)48-39(36-44)37-47-42(45)34-29-24-19-17-15-13-11-9-8-10-12-14-16-18-21-26-31-38(2)3/h22,27,38-41,44H,4-21,23-26,28-37H2,1-3H3/b27-22-/t39-,40?,41?/m0/s1. The lowest BCUT2D eigenvalue weighted by Crippen LogP contribution is -2.28. The van der Waals surface area contributed by atoms with Crippen LogP contribution in [0.25, 0.3) is 0 Å². The number of aliphatic hydroxyl groups excluding tert-OH is 1. The molecule has 0 bridgehead atoms. The second kappa shape index (κ2) is 33.7. The summed E-state index contributed by atoms with van der Waals surface area (Å²) in [5.41, 5.74) is 0. The van der Waals surface area contributed by atoms with Gasteiger partial charge in [-0.25, -0.2) is 0 Å². The van der Waals surface area contributed by atoms with E-state index in [0.717, 1.165) is 63.7 Å². The minimum Gasteiger partial charge on any atom is -0.462 e. The first kappa shape index (κ1) is 45.6. The van der Waals surface area contributed by atoms with E-state index < -0.39 is 6.10 Å². The summed E-state index contributed by atoms with van der Waals surface area (Å²) in [7, 11) is 0. The normalized spacial score (nSPS) is 16.4. The molecule has 0 saturated carbocycles. The number of aliphatic hydroxyl groups is 1. The molecule has 1 saturated heterocycles. The van der Waals surface area contributed by atoms with Gasteiger partial charge in [-0.15, -0.1) is 0 Å². The Morgan fingerprint density at radius 1 is 0.633 bits per heavy atom. The van der Waals surface area contributed by atoms with E-state index >= 15 is 0 Å². The molecule has 0 radical (unpaired) electrons. The highest BCUT2D eigenvalue weighted by Crippen LogP contribution is 2.30. The third kappa shape index (κ3) is 31.1. The molecule has 0 amide bonds. The number of carbonyl (C=O) groups is 2. The smallest absolute Gasteiger partial charge is 0.306 e. The first-order chi connectivity index (χ1) is 24.0. The second-order valence-corrected chi connectivity index (χ2v) is 15.3. The maximum atomic E-state index is 12.2. The van der Waals surface area contributed by atoms with Crippen molar-refractivity contribution in [2.75, 3.05) is 13.2 Å². The van der Waals surface area contributed by atoms with Gasteiger partial charge in [-0.3, -0.25) is 9.59 Å². The van der Waals surface area contributed by atoms with Gasteiger partial charge in [0, 0.05) is 12.8 Å². The number of hydrogen-bond acceptors (Lipinski definition) is 6. The summed E-state index contributed by atoms with van der Waals surface area (Å²) in [6.45, 7) is 6.47. The molecule has 3 atom stereocenters. The summed E-state index contributed by atoms with van der Waals surface area (Å²) >= 11 is 0. The van der Waals surface area contributed by atoms with Crippen LogP contribution in [0.3, 0.4) is 0 Å². The Morgan fingerprint density at radius 3 is 1.67 bits per heavy atom. The quantitative estimate of drug-likeness (QED) is 0.0302. The molecule has 0 aromatic rings. The van der Waals surface area contributed by atoms with Crippen LogP contribution in [0.2, 0.25) is 0 Å². The molecule has 2 unspecified atom stereocenters. The van der Waals surface area contributed by atoms with Crippen LogP contribution in [-0.4, -0.2) is 48.6 Å². The Bertz CT molecular complexity index is 780. The number of esters is 2. The lowest BCUT2D eigenvalue weighted by atomic mass is 10.0. The predicted octanol–water partition coefficient (Wildman–Crippen LogP) is 12.1. The van der Waals surface area contributed by atoms with E-state index in [2.05, 4.69) is 32.9 Å². The highest BCUT2D eigenvalue weighted by atomic mass is 16.6. The molecule has 6 nitrogen and oxygen atoms in total. The van der Waals surface area contributed by atoms with Crippen molar-refractivity contribution in [3.63, 3.8) is 0 Å². The van der Waals surface area contributed by atoms with Gasteiger partial charge < -0.3 is 19.3 Å². The fourth-order valence-corrected chi connectivity index (χ4v) is 6.57. The Hall–Kier alpha value is -1.40. The van der Waals surface area contributed by atoms with Gasteiger partial charge in [0.05, 0.1) is 18.8 Å². The summed E-state index contributed by atoms with van der Waals surface area (Å²) < 4.78 is 16.4. The van der Waals surface area contributed by atoms with Crippen LogP contribution in [-0.2, 0) is 23.8 Å². The third-order valence-corrected chi connectivity index (χ3v) is 9.91. The third-order valence-electron chi connectivity index (χ3n) is 9.91. The average molecular weight is 693 g/mol. The molecule has 1 N–H and O–H groups in total. The van der Waals surface area contributed by atoms with E-state index in [1.165, 1.54) is 122 Å². The van der Waals surface area contributed by atoms with Gasteiger partial charge in [0.1, 0.15) is 6.61 Å². The van der Waals surface area contributed by atoms with Gasteiger partial charge in [-0.05, 0) is 44.4 Å². The Balaban J connectivity index is 1.85. The first-order valence-corrected chi connectivity index (χ1v) is 21.2. The number of ether oxygens (including phenoxy) is 3. The minimum atomic E-state index is -0.779. The van der Waals surface area contributed by atoms with Gasteiger partial charge in [0.15, 0.2) is 6.10 Å². The van der Waals surface area contributed by atoms with Crippen LogP contribution in [0.5, 0.6) is 0 Å². The zero-order valence-corrected chi connectivity index (χ0v) is 32.6. The van der Waals surface area contributed by atoms with Crippen molar-refractivity contribution in [1.29, 1.82) is 0 Å². The minimum absolute atomic E-state index is 0.0710. The number of rotatable bonds is 37. The van der Waals surface area contributed by atoms with Crippen LogP contribution >= 0.6 is 0 Å². The summed E-state index contributed by atoms with van der Waals surface area (Å²) in [5.74, 6) is 0.253. The number of hydrogen-bond donors (Lipinski definition) is 1. The van der Waals surface area contributed by atoms with Crippen molar-refractivity contribution in [2.45, 2.75) is 232 Å². The fourth-order valence-electron chi connectivity index (χ4n) is 6.57. The van der Waals surface area contributed by atoms with Crippen LogP contribution in [0.4, 0.5) is 0 Å². The van der Waals surface area contributed by atoms with Crippen molar-refractivity contribution < 1.29 is 28.9 Å². The predicted molar refractivity (Wildman–Crippen MR) is 205 cm³/mol. The van der Waals surface area contributed by atoms with Crippen molar-refractivity contribution in [3.8, 4) is 0 Å². The van der Waals surface area contributed by atoms with Gasteiger partial charge >= 0.3 is 11.9 Å². The van der Waals surface area contributed by atoms with E-state index in [-0.39, 0.29) is 25.2 Å². The fraction of sp³-hybridized carbons (Fsp3) is 0.907. The second-order valence-electron chi connectivity index (χ2n) is 15.3. The van der Waals surface area contributed by atoms with E-state index in [0.29, 0.717) is 25.0 Å². The monoisotopic (exact) mass is 693 g/mol. The molecule has 6 heteroatoms. The molecule has 1 aliphatic heterocycles. The number of epoxide rings is 1. The molecule has 0 aromatic heterocycles. The Kier molecular flexibility index (Phi) is 31.4. The summed E-state index contributed by atoms with van der Waals surface area (Å²) in [5, 5.41) is 9.58. The molecular formula is C43H80O6. The molecular weight excluding hydrogens is 612 g/mol. The number of allylic oxidation sites excluding steroid dienone is 1. The van der Waals surface area contributed by atoms with E-state index in [1.54, 1.807) is 0 Å². The lowest BCUT2D eigenvalue weighted by molar-refractivity contribution is -0.161. The average Bonchev–Trinajstić information content (AvgIpc) is 3.84. The highest BCUT2D eigenvalue weighted by Gasteiger charge is 2.36. The maximum Gasteiger partial charge on any atom is 0.306 e. The maximum absolute atomic E-state index is 12.2. The summed E-state index contributed by atoms with van der Waals surface area (Å²) in [6.07, 6.45) is 40.1. The molecule has 0 aliphatic carbocycles. The first-order valence-electron chi connectivity index (χ1n) is 21.2. The van der Waals surface area contributed by atoms with Crippen LogP contribution in [0.1, 0.15) is 213 Å². The molecule has 0 aromatic carbocycles. The largest absolute Gasteiger partial charge is 0.462 e. The van der Waals surface area contributed by atoms with Crippen molar-refractivity contribution in [3.05, 3.63) is 12.2 Å². The molecule has 1 heterocycles. The highest BCUT2D eigenvalue weighted by molar-refractivity contribution is 5.70. The van der Waals surface area contributed by atoms with Gasteiger partial charge in [0.2, 0.25) is 0 Å². The van der Waals surface area contributed by atoms with Crippen LogP contribution < -0.4 is 0 Å². The molecule has 49 heavy (non-hydrogen) atoms. The Morgan fingerprint density at radius 2 is 1.14 bits per heavy atom. The number of unbranched alkanes of at least 4 members (excludes halogenated alkanes) is 22. The van der Waals surface area contributed by atoms with Crippen LogP contribution in [0, 0.1) is 5.92 Å². The van der Waals surface area contributed by atoms with Crippen molar-refractivity contribution >= 4 is 11.9 Å². The molecule has 1 rings (SSSR count). The topological polar surface area (TPSA) is 85.4 Å². The summed E-state index contributed by atoms with van der Waals surface area (Å²) in [6, 6.07) is 0. The SMILES string of the molecule is CCCCC/C=C\CC1OC1CCCCCCCC(=O)O[C@@H](CO)COC(=O)CCCCCCCCCCCCCCCCCCC(C)C. The van der Waals surface area contributed by atoms with Crippen molar-refractivity contribution in [2.24, 2.45) is 5.92 Å². The zero-order chi connectivity index (χ0) is 35.6. The number of carbonyl (C=O) groups excluding carboxylic acids is 2. The van der Waals surface area contributed by atoms with E-state index in [1.807, 2.05) is 0 Å². The Labute approximate surface area is 303 Å². The van der Waals surface area contributed by atoms with Gasteiger partial charge in [-0.1, -0.05) is 174 Å².